The molecule has 0 aliphatic heterocycles. The number of nitrogen functional groups attached to an aromatic ring is 1. The Morgan fingerprint density at radius 3 is 2.45 bits per heavy atom. The van der Waals surface area contributed by atoms with E-state index in [2.05, 4.69) is 21.8 Å². The average Bonchev–Trinajstić information content (AvgIpc) is 3.53. The van der Waals surface area contributed by atoms with E-state index in [-0.39, 0.29) is 29.1 Å². The third kappa shape index (κ3) is 6.09. The lowest BCUT2D eigenvalue weighted by Gasteiger charge is -2.15. The fraction of sp³-hybridized carbons (Fsp3) is 0.161. The molecule has 214 valence electrons. The number of nitrogens with zero attached hydrogens (tertiary/aromatic N) is 6. The van der Waals surface area contributed by atoms with Crippen molar-refractivity contribution < 1.29 is 9.59 Å². The molecule has 5 rings (SSSR count). The Labute approximate surface area is 242 Å². The largest absolute Gasteiger partial charge is 0.381 e. The predicted molar refractivity (Wildman–Crippen MR) is 165 cm³/mol. The van der Waals surface area contributed by atoms with Gasteiger partial charge in [-0.3, -0.25) is 23.6 Å². The molecular formula is C31H32N8O3. The van der Waals surface area contributed by atoms with Gasteiger partial charge < -0.3 is 11.5 Å². The molecule has 3 aromatic heterocycles. The van der Waals surface area contributed by atoms with Gasteiger partial charge in [-0.25, -0.2) is 9.67 Å². The molecule has 2 aromatic carbocycles. The fourth-order valence-electron chi connectivity index (χ4n) is 4.64. The van der Waals surface area contributed by atoms with Crippen molar-refractivity contribution in [2.75, 3.05) is 5.73 Å². The lowest BCUT2D eigenvalue weighted by Crippen LogP contribution is -2.23. The molecule has 5 aromatic rings. The van der Waals surface area contributed by atoms with E-state index in [0.717, 1.165) is 28.8 Å². The van der Waals surface area contributed by atoms with Crippen molar-refractivity contribution in [3.8, 4) is 5.69 Å². The number of anilines is 1. The summed E-state index contributed by atoms with van der Waals surface area (Å²) in [5, 5.41) is 9.36. The maximum absolute atomic E-state index is 13.5. The first-order valence-corrected chi connectivity index (χ1v) is 13.2. The van der Waals surface area contributed by atoms with Crippen LogP contribution in [-0.4, -0.2) is 42.0 Å². The minimum Gasteiger partial charge on any atom is -0.381 e. The maximum Gasteiger partial charge on any atom is 0.263 e. The number of carbonyl (C=O) groups excluding carboxylic acids is 2. The van der Waals surface area contributed by atoms with Crippen LogP contribution in [0.2, 0.25) is 0 Å². The first kappa shape index (κ1) is 29.4. The standard InChI is InChI=1S/C23H21N3O2.C8H11N5O/c1-3-19-12-16-8-7-9-17(13-21(27)18-14-24-25(2)15-18)22(16)23(28)26(19)20-10-5-4-6-11-20;1-3-4-11-8-5(7(10)14)6(9)12-13(8)2/h4-12,14-15H,3,13H2,1-2H3;3-4H,1H2,2H3,(H2,9,12)(H2,10,14)/b;11-4-. The second-order valence-electron chi connectivity index (χ2n) is 9.43. The molecule has 11 nitrogen and oxygen atoms in total. The number of aromatic nitrogens is 5. The Hall–Kier alpha value is -5.58. The topological polar surface area (TPSA) is 156 Å². The fourth-order valence-corrected chi connectivity index (χ4v) is 4.64. The Morgan fingerprint density at radius 2 is 1.83 bits per heavy atom. The molecule has 0 aliphatic rings. The Morgan fingerprint density at radius 1 is 1.10 bits per heavy atom. The molecule has 42 heavy (non-hydrogen) atoms. The number of Topliss-reactive ketones (excluding diaryl/α,β-unsaturated/α-hetero) is 1. The van der Waals surface area contributed by atoms with Gasteiger partial charge in [-0.15, -0.1) is 0 Å². The quantitative estimate of drug-likeness (QED) is 0.216. The number of allylic oxidation sites excluding steroid dienone is 1. The molecule has 0 saturated heterocycles. The van der Waals surface area contributed by atoms with Crippen molar-refractivity contribution in [1.82, 2.24) is 24.1 Å². The number of hydrogen-bond donors (Lipinski definition) is 2. The van der Waals surface area contributed by atoms with Crippen molar-refractivity contribution in [3.63, 3.8) is 0 Å². The normalized spacial score (nSPS) is 10.9. The number of hydrogen-bond acceptors (Lipinski definition) is 7. The summed E-state index contributed by atoms with van der Waals surface area (Å²) in [6, 6.07) is 17.4. The van der Waals surface area contributed by atoms with E-state index in [4.69, 9.17) is 11.5 Å². The number of carbonyl (C=O) groups is 2. The van der Waals surface area contributed by atoms with Crippen LogP contribution in [0.25, 0.3) is 16.5 Å². The molecular weight excluding hydrogens is 532 g/mol. The summed E-state index contributed by atoms with van der Waals surface area (Å²) in [5.74, 6) is -0.288. The van der Waals surface area contributed by atoms with Gasteiger partial charge in [-0.1, -0.05) is 56.0 Å². The highest BCUT2D eigenvalue weighted by Gasteiger charge is 2.18. The van der Waals surface area contributed by atoms with Crippen molar-refractivity contribution in [1.29, 1.82) is 0 Å². The van der Waals surface area contributed by atoms with Crippen LogP contribution in [-0.2, 0) is 26.9 Å². The molecule has 0 atom stereocenters. The molecule has 11 heteroatoms. The second kappa shape index (κ2) is 12.7. The second-order valence-corrected chi connectivity index (χ2v) is 9.43. The Balaban J connectivity index is 0.000000244. The summed E-state index contributed by atoms with van der Waals surface area (Å²) in [6.07, 6.45) is 7.07. The number of primary amides is 1. The zero-order valence-corrected chi connectivity index (χ0v) is 23.7. The first-order chi connectivity index (χ1) is 20.2. The van der Waals surface area contributed by atoms with Gasteiger partial charge in [0.2, 0.25) is 0 Å². The summed E-state index contributed by atoms with van der Waals surface area (Å²) in [7, 11) is 3.40. The average molecular weight is 565 g/mol. The number of aryl methyl sites for hydroxylation is 3. The number of nitrogens with two attached hydrogens (primary N) is 2. The number of rotatable bonds is 8. The SMILES string of the molecule is C=C/C=N\c1c(C(N)=O)c(N)nn1C.CCc1cc2cccc(CC(=O)c3cnn(C)c3)c2c(=O)n1-c1ccccc1. The van der Waals surface area contributed by atoms with Crippen LogP contribution in [0.5, 0.6) is 0 Å². The van der Waals surface area contributed by atoms with Crippen molar-refractivity contribution in [3.05, 3.63) is 112 Å². The van der Waals surface area contributed by atoms with E-state index >= 15 is 0 Å². The molecule has 0 unspecified atom stereocenters. The Bertz CT molecular complexity index is 1860. The molecule has 0 fully saturated rings. The summed E-state index contributed by atoms with van der Waals surface area (Å²) in [6.45, 7) is 5.50. The molecule has 0 aliphatic carbocycles. The van der Waals surface area contributed by atoms with Gasteiger partial charge in [-0.2, -0.15) is 10.2 Å². The smallest absolute Gasteiger partial charge is 0.263 e. The summed E-state index contributed by atoms with van der Waals surface area (Å²) < 4.78 is 4.74. The van der Waals surface area contributed by atoms with Gasteiger partial charge in [0, 0.05) is 44.3 Å². The number of benzene rings is 2. The molecule has 3 heterocycles. The van der Waals surface area contributed by atoms with Crippen LogP contribution in [0.15, 0.2) is 89.4 Å². The summed E-state index contributed by atoms with van der Waals surface area (Å²) in [5.41, 5.74) is 13.7. The molecule has 0 radical (unpaired) electrons. The molecule has 1 amide bonds. The lowest BCUT2D eigenvalue weighted by atomic mass is 9.99. The summed E-state index contributed by atoms with van der Waals surface area (Å²) >= 11 is 0. The van der Waals surface area contributed by atoms with E-state index < -0.39 is 5.91 Å². The van der Waals surface area contributed by atoms with Crippen LogP contribution in [0.1, 0.15) is 38.9 Å². The van der Waals surface area contributed by atoms with Gasteiger partial charge in [-0.05, 0) is 35.6 Å². The van der Waals surface area contributed by atoms with E-state index in [1.807, 2.05) is 61.5 Å². The molecule has 0 saturated carbocycles. The Kier molecular flexibility index (Phi) is 8.91. The van der Waals surface area contributed by atoms with Crippen LogP contribution in [0.3, 0.4) is 0 Å². The molecule has 4 N–H and O–H groups in total. The van der Waals surface area contributed by atoms with Crippen molar-refractivity contribution >= 4 is 40.3 Å². The van der Waals surface area contributed by atoms with E-state index in [1.165, 1.54) is 17.0 Å². The monoisotopic (exact) mass is 564 g/mol. The van der Waals surface area contributed by atoms with E-state index in [9.17, 15) is 14.4 Å². The number of ketones is 1. The number of amides is 1. The first-order valence-electron chi connectivity index (χ1n) is 13.2. The van der Waals surface area contributed by atoms with Crippen LogP contribution in [0, 0.1) is 0 Å². The number of fused-ring (bicyclic) bond motifs is 1. The highest BCUT2D eigenvalue weighted by atomic mass is 16.1. The highest BCUT2D eigenvalue weighted by molar-refractivity contribution is 6.02. The van der Waals surface area contributed by atoms with Gasteiger partial charge in [0.05, 0.1) is 17.1 Å². The van der Waals surface area contributed by atoms with Crippen LogP contribution >= 0.6 is 0 Å². The number of pyridine rings is 1. The van der Waals surface area contributed by atoms with E-state index in [0.29, 0.717) is 16.8 Å². The summed E-state index contributed by atoms with van der Waals surface area (Å²) in [4.78, 5) is 41.1. The minimum atomic E-state index is -0.646. The van der Waals surface area contributed by atoms with Crippen molar-refractivity contribution in [2.45, 2.75) is 19.8 Å². The number of para-hydroxylation sites is 1. The van der Waals surface area contributed by atoms with Gasteiger partial charge in [0.15, 0.2) is 17.4 Å². The minimum absolute atomic E-state index is 0.0502. The predicted octanol–water partition coefficient (Wildman–Crippen LogP) is 3.70. The van der Waals surface area contributed by atoms with Crippen LogP contribution in [0.4, 0.5) is 11.6 Å². The van der Waals surface area contributed by atoms with E-state index in [1.54, 1.807) is 35.7 Å². The molecule has 0 bridgehead atoms. The zero-order valence-electron chi connectivity index (χ0n) is 23.7. The number of aliphatic imine (C=N–C) groups is 1. The van der Waals surface area contributed by atoms with Gasteiger partial charge in [0.1, 0.15) is 5.56 Å². The zero-order chi connectivity index (χ0) is 30.4. The van der Waals surface area contributed by atoms with Gasteiger partial charge in [0.25, 0.3) is 11.5 Å². The third-order valence-electron chi connectivity index (χ3n) is 6.56. The maximum atomic E-state index is 13.5. The van der Waals surface area contributed by atoms with Crippen LogP contribution < -0.4 is 17.0 Å². The highest BCUT2D eigenvalue weighted by Crippen LogP contribution is 2.23. The van der Waals surface area contributed by atoms with Crippen molar-refractivity contribution in [2.24, 2.45) is 24.8 Å². The third-order valence-corrected chi connectivity index (χ3v) is 6.56. The van der Waals surface area contributed by atoms with Gasteiger partial charge >= 0.3 is 0 Å². The lowest BCUT2D eigenvalue weighted by molar-refractivity contribution is 0.0988. The molecule has 0 spiro atoms.